The van der Waals surface area contributed by atoms with Crippen LogP contribution in [0.3, 0.4) is 0 Å². The second-order valence-corrected chi connectivity index (χ2v) is 7.77. The van der Waals surface area contributed by atoms with Gasteiger partial charge in [0, 0.05) is 6.07 Å². The van der Waals surface area contributed by atoms with Gasteiger partial charge in [-0.3, -0.25) is 4.39 Å². The van der Waals surface area contributed by atoms with Gasteiger partial charge in [-0.15, -0.1) is 0 Å². The zero-order valence-corrected chi connectivity index (χ0v) is 15.6. The Bertz CT molecular complexity index is 604. The third-order valence-corrected chi connectivity index (χ3v) is 6.05. The Morgan fingerprint density at radius 2 is 1.11 bits per heavy atom. The molecule has 0 bridgehead atoms. The molecule has 0 atom stereocenters. The average molecular weight is 410 g/mol. The van der Waals surface area contributed by atoms with Crippen molar-refractivity contribution in [3.63, 3.8) is 0 Å². The molecule has 28 heavy (non-hydrogen) atoms. The van der Waals surface area contributed by atoms with Gasteiger partial charge in [-0.1, -0.05) is 0 Å². The van der Waals surface area contributed by atoms with Gasteiger partial charge in [-0.2, -0.15) is 17.6 Å². The fraction of sp³-hybridized carbons (Fsp3) is 0.619. The highest BCUT2D eigenvalue weighted by molar-refractivity contribution is 5.22. The molecule has 0 amide bonds. The van der Waals surface area contributed by atoms with Crippen molar-refractivity contribution in [2.45, 2.75) is 57.3 Å². The van der Waals surface area contributed by atoms with Gasteiger partial charge in [0.25, 0.3) is 0 Å². The Hall–Kier alpha value is -1.53. The van der Waals surface area contributed by atoms with Crippen LogP contribution in [0.15, 0.2) is 30.4 Å². The van der Waals surface area contributed by atoms with Crippen LogP contribution in [0.2, 0.25) is 0 Å². The monoisotopic (exact) mass is 410 g/mol. The highest BCUT2D eigenvalue weighted by atomic mass is 19.3. The predicted octanol–water partition coefficient (Wildman–Crippen LogP) is 8.01. The summed E-state index contributed by atoms with van der Waals surface area (Å²) < 4.78 is 80.5. The van der Waals surface area contributed by atoms with E-state index in [4.69, 9.17) is 0 Å². The SMILES string of the molecule is FC(F)=C(F)F.FCC1CCC(C2CCC(c3cc(F)cc(F)c3)CC2)CC1. The fourth-order valence-electron chi connectivity index (χ4n) is 4.55. The number of halogens is 7. The lowest BCUT2D eigenvalue weighted by molar-refractivity contribution is 0.148. The van der Waals surface area contributed by atoms with E-state index in [-0.39, 0.29) is 6.67 Å². The zero-order chi connectivity index (χ0) is 20.7. The lowest BCUT2D eigenvalue weighted by atomic mass is 9.68. The molecule has 0 spiro atoms. The van der Waals surface area contributed by atoms with Crippen molar-refractivity contribution in [1.82, 2.24) is 0 Å². The van der Waals surface area contributed by atoms with Crippen LogP contribution >= 0.6 is 0 Å². The lowest BCUT2D eigenvalue weighted by Gasteiger charge is -2.37. The first-order valence-electron chi connectivity index (χ1n) is 9.68. The molecule has 2 aliphatic rings. The van der Waals surface area contributed by atoms with Gasteiger partial charge in [0.15, 0.2) is 0 Å². The van der Waals surface area contributed by atoms with Crippen LogP contribution in [-0.2, 0) is 0 Å². The Morgan fingerprint density at radius 1 is 0.679 bits per heavy atom. The van der Waals surface area contributed by atoms with Gasteiger partial charge < -0.3 is 0 Å². The average Bonchev–Trinajstić information content (AvgIpc) is 2.68. The van der Waals surface area contributed by atoms with E-state index in [2.05, 4.69) is 0 Å². The van der Waals surface area contributed by atoms with Crippen molar-refractivity contribution >= 4 is 0 Å². The van der Waals surface area contributed by atoms with Crippen LogP contribution in [-0.4, -0.2) is 6.67 Å². The molecule has 0 heterocycles. The van der Waals surface area contributed by atoms with E-state index in [9.17, 15) is 30.7 Å². The van der Waals surface area contributed by atoms with E-state index in [1.807, 2.05) is 0 Å². The van der Waals surface area contributed by atoms with Crippen LogP contribution in [0, 0.1) is 29.4 Å². The quantitative estimate of drug-likeness (QED) is 0.443. The highest BCUT2D eigenvalue weighted by Crippen LogP contribution is 2.44. The van der Waals surface area contributed by atoms with E-state index in [1.165, 1.54) is 25.0 Å². The number of hydrogen-bond donors (Lipinski definition) is 0. The Balaban J connectivity index is 0.000000409. The van der Waals surface area contributed by atoms with Crippen molar-refractivity contribution < 1.29 is 30.7 Å². The van der Waals surface area contributed by atoms with Crippen molar-refractivity contribution in [3.8, 4) is 0 Å². The van der Waals surface area contributed by atoms with E-state index < -0.39 is 23.8 Å². The van der Waals surface area contributed by atoms with Gasteiger partial charge in [0.2, 0.25) is 0 Å². The minimum Gasteiger partial charge on any atom is -0.251 e. The molecule has 0 unspecified atom stereocenters. The maximum absolute atomic E-state index is 13.4. The molecule has 0 saturated heterocycles. The van der Waals surface area contributed by atoms with Crippen molar-refractivity contribution in [3.05, 3.63) is 47.6 Å². The second kappa shape index (κ2) is 10.9. The molecule has 2 aliphatic carbocycles. The first kappa shape index (κ1) is 22.8. The molecule has 0 N–H and O–H groups in total. The van der Waals surface area contributed by atoms with Crippen molar-refractivity contribution in [2.24, 2.45) is 17.8 Å². The normalized spacial score (nSPS) is 27.5. The third kappa shape index (κ3) is 6.82. The van der Waals surface area contributed by atoms with E-state index in [0.717, 1.165) is 62.0 Å². The summed E-state index contributed by atoms with van der Waals surface area (Å²) in [4.78, 5) is 0. The molecular weight excluding hydrogens is 385 g/mol. The molecule has 2 saturated carbocycles. The molecule has 2 fully saturated rings. The standard InChI is InChI=1S/C19H25F3.C2F4/c20-12-13-1-3-14(4-2-13)15-5-7-16(8-6-15)17-9-18(21)11-19(22)10-17;3-1(4)2(5)6/h9-11,13-16H,1-8,12H2;. The summed E-state index contributed by atoms with van der Waals surface area (Å²) in [6.07, 6.45) is 2.93. The predicted molar refractivity (Wildman–Crippen MR) is 93.9 cm³/mol. The van der Waals surface area contributed by atoms with E-state index in [1.54, 1.807) is 0 Å². The summed E-state index contributed by atoms with van der Waals surface area (Å²) in [5.74, 6) is 1.12. The summed E-state index contributed by atoms with van der Waals surface area (Å²) in [7, 11) is 0. The molecule has 0 nitrogen and oxygen atoms in total. The lowest BCUT2D eigenvalue weighted by Crippen LogP contribution is -2.26. The maximum atomic E-state index is 13.4. The summed E-state index contributed by atoms with van der Waals surface area (Å²) in [5.41, 5.74) is 0.817. The molecule has 7 heteroatoms. The van der Waals surface area contributed by atoms with Crippen molar-refractivity contribution in [1.29, 1.82) is 0 Å². The largest absolute Gasteiger partial charge is 0.334 e. The summed E-state index contributed by atoms with van der Waals surface area (Å²) >= 11 is 0. The summed E-state index contributed by atoms with van der Waals surface area (Å²) in [6.45, 7) is -0.162. The van der Waals surface area contributed by atoms with E-state index in [0.29, 0.717) is 11.8 Å². The number of benzene rings is 1. The Morgan fingerprint density at radius 3 is 1.50 bits per heavy atom. The number of alkyl halides is 1. The minimum atomic E-state index is -2.91. The smallest absolute Gasteiger partial charge is 0.251 e. The number of hydrogen-bond acceptors (Lipinski definition) is 0. The highest BCUT2D eigenvalue weighted by Gasteiger charge is 2.31. The van der Waals surface area contributed by atoms with Gasteiger partial charge in [-0.25, -0.2) is 8.78 Å². The topological polar surface area (TPSA) is 0 Å². The Kier molecular flexibility index (Phi) is 8.83. The van der Waals surface area contributed by atoms with E-state index >= 15 is 0 Å². The van der Waals surface area contributed by atoms with Crippen molar-refractivity contribution in [2.75, 3.05) is 6.67 Å². The number of rotatable bonds is 3. The molecule has 3 rings (SSSR count). The van der Waals surface area contributed by atoms with Crippen LogP contribution in [0.4, 0.5) is 30.7 Å². The van der Waals surface area contributed by atoms with Crippen LogP contribution in [0.1, 0.15) is 62.8 Å². The van der Waals surface area contributed by atoms with Crippen LogP contribution < -0.4 is 0 Å². The second-order valence-electron chi connectivity index (χ2n) is 7.77. The maximum Gasteiger partial charge on any atom is 0.334 e. The van der Waals surface area contributed by atoms with Gasteiger partial charge in [0.1, 0.15) is 11.6 Å². The molecule has 0 aromatic heterocycles. The Labute approximate surface area is 160 Å². The first-order valence-corrected chi connectivity index (χ1v) is 9.68. The van der Waals surface area contributed by atoms with Gasteiger partial charge in [-0.05, 0) is 92.7 Å². The molecule has 0 radical (unpaired) electrons. The van der Waals surface area contributed by atoms with Gasteiger partial charge in [0.05, 0.1) is 6.67 Å². The summed E-state index contributed by atoms with van der Waals surface area (Å²) in [5, 5.41) is 0. The first-order chi connectivity index (χ1) is 13.3. The minimum absolute atomic E-state index is 0.162. The molecular formula is C21H25F7. The molecule has 1 aromatic carbocycles. The zero-order valence-electron chi connectivity index (χ0n) is 15.6. The van der Waals surface area contributed by atoms with Crippen LogP contribution in [0.5, 0.6) is 0 Å². The fourth-order valence-corrected chi connectivity index (χ4v) is 4.55. The summed E-state index contributed by atoms with van der Waals surface area (Å²) in [6, 6.07) is 3.92. The molecule has 158 valence electrons. The molecule has 0 aliphatic heterocycles. The van der Waals surface area contributed by atoms with Crippen LogP contribution in [0.25, 0.3) is 0 Å². The third-order valence-electron chi connectivity index (χ3n) is 6.05. The molecule has 1 aromatic rings. The van der Waals surface area contributed by atoms with Gasteiger partial charge >= 0.3 is 12.2 Å².